The molecule has 188 valence electrons. The monoisotopic (exact) mass is 502 g/mol. The molecule has 0 saturated heterocycles. The molecule has 0 radical (unpaired) electrons. The van der Waals surface area contributed by atoms with E-state index in [1.807, 2.05) is 6.07 Å². The van der Waals surface area contributed by atoms with Crippen molar-refractivity contribution in [3.8, 4) is 45.6 Å². The van der Waals surface area contributed by atoms with Crippen LogP contribution in [0.2, 0.25) is 0 Å². The molecule has 0 spiro atoms. The molecule has 0 saturated carbocycles. The van der Waals surface area contributed by atoms with E-state index in [9.17, 15) is 9.59 Å². The molecular weight excluding hydrogens is 480 g/mol. The summed E-state index contributed by atoms with van der Waals surface area (Å²) in [4.78, 5) is 26.2. The molecule has 1 atom stereocenters. The summed E-state index contributed by atoms with van der Waals surface area (Å²) >= 11 is 0. The second-order valence-corrected chi connectivity index (χ2v) is 8.59. The van der Waals surface area contributed by atoms with Crippen molar-refractivity contribution in [3.63, 3.8) is 0 Å². The third kappa shape index (κ3) is 3.62. The van der Waals surface area contributed by atoms with Crippen LogP contribution in [0.25, 0.3) is 22.1 Å². The minimum atomic E-state index is -0.460. The molecule has 6 rings (SSSR count). The van der Waals surface area contributed by atoms with Gasteiger partial charge >= 0.3 is 5.97 Å². The van der Waals surface area contributed by atoms with Crippen LogP contribution in [-0.4, -0.2) is 34.1 Å². The van der Waals surface area contributed by atoms with Crippen molar-refractivity contribution in [1.82, 2.24) is 0 Å². The van der Waals surface area contributed by atoms with Gasteiger partial charge in [-0.25, -0.2) is 0 Å². The fourth-order valence-electron chi connectivity index (χ4n) is 4.89. The Hall–Kier alpha value is -4.66. The third-order valence-electron chi connectivity index (χ3n) is 6.66. The highest BCUT2D eigenvalue weighted by atomic mass is 16.7. The van der Waals surface area contributed by atoms with Gasteiger partial charge < -0.3 is 32.8 Å². The van der Waals surface area contributed by atoms with Gasteiger partial charge in [0.25, 0.3) is 0 Å². The number of hydrogen-bond donors (Lipinski definition) is 0. The maximum absolute atomic E-state index is 13.6. The van der Waals surface area contributed by atoms with Gasteiger partial charge in [0, 0.05) is 11.5 Å². The van der Waals surface area contributed by atoms with Crippen LogP contribution in [-0.2, 0) is 4.79 Å². The second-order valence-electron chi connectivity index (χ2n) is 8.59. The van der Waals surface area contributed by atoms with Gasteiger partial charge in [0.1, 0.15) is 17.6 Å². The molecule has 4 aromatic rings. The number of hydrogen-bond acceptors (Lipinski definition) is 9. The Kier molecular flexibility index (Phi) is 5.40. The lowest BCUT2D eigenvalue weighted by molar-refractivity contribution is -0.135. The van der Waals surface area contributed by atoms with Crippen molar-refractivity contribution in [1.29, 1.82) is 0 Å². The van der Waals surface area contributed by atoms with Crippen LogP contribution in [0.3, 0.4) is 0 Å². The van der Waals surface area contributed by atoms with Crippen molar-refractivity contribution < 1.29 is 37.6 Å². The molecule has 0 bridgehead atoms. The molecule has 1 aromatic heterocycles. The number of ether oxygens (including phenoxy) is 6. The van der Waals surface area contributed by atoms with Crippen LogP contribution in [0.5, 0.6) is 34.5 Å². The van der Waals surface area contributed by atoms with Crippen LogP contribution < -0.4 is 33.8 Å². The van der Waals surface area contributed by atoms with Crippen LogP contribution in [0.4, 0.5) is 0 Å². The maximum atomic E-state index is 13.6. The quantitative estimate of drug-likeness (QED) is 0.285. The molecule has 0 N–H and O–H groups in total. The lowest BCUT2D eigenvalue weighted by atomic mass is 9.84. The van der Waals surface area contributed by atoms with Crippen molar-refractivity contribution in [2.75, 3.05) is 28.1 Å². The summed E-state index contributed by atoms with van der Waals surface area (Å²) in [5, 5.41) is 0.363. The molecule has 3 aromatic carbocycles. The Morgan fingerprint density at radius 3 is 2.43 bits per heavy atom. The van der Waals surface area contributed by atoms with Crippen molar-refractivity contribution in [2.45, 2.75) is 12.3 Å². The summed E-state index contributed by atoms with van der Waals surface area (Å²) < 4.78 is 38.9. The van der Waals surface area contributed by atoms with Crippen molar-refractivity contribution >= 4 is 16.9 Å². The van der Waals surface area contributed by atoms with Gasteiger partial charge in [0.05, 0.1) is 38.7 Å². The zero-order valence-electron chi connectivity index (χ0n) is 20.3. The van der Waals surface area contributed by atoms with Crippen LogP contribution in [0, 0.1) is 0 Å². The summed E-state index contributed by atoms with van der Waals surface area (Å²) in [7, 11) is 4.61. The Labute approximate surface area is 211 Å². The van der Waals surface area contributed by atoms with Gasteiger partial charge in [-0.3, -0.25) is 9.59 Å². The average molecular weight is 502 g/mol. The number of carbonyl (C=O) groups is 1. The van der Waals surface area contributed by atoms with E-state index in [1.165, 1.54) is 20.5 Å². The van der Waals surface area contributed by atoms with E-state index in [1.54, 1.807) is 43.5 Å². The van der Waals surface area contributed by atoms with Gasteiger partial charge in [-0.15, -0.1) is 0 Å². The molecule has 9 heteroatoms. The fourth-order valence-corrected chi connectivity index (χ4v) is 4.89. The molecule has 2 aliphatic rings. The van der Waals surface area contributed by atoms with Crippen LogP contribution in [0.1, 0.15) is 23.5 Å². The van der Waals surface area contributed by atoms with E-state index in [0.717, 1.165) is 5.56 Å². The number of carbonyl (C=O) groups excluding carboxylic acids is 1. The summed E-state index contributed by atoms with van der Waals surface area (Å²) in [5.41, 5.74) is 2.46. The third-order valence-corrected chi connectivity index (χ3v) is 6.66. The molecule has 0 amide bonds. The zero-order valence-corrected chi connectivity index (χ0v) is 20.3. The van der Waals surface area contributed by atoms with Crippen LogP contribution in [0.15, 0.2) is 57.9 Å². The van der Waals surface area contributed by atoms with E-state index >= 15 is 0 Å². The number of esters is 1. The standard InChI is InChI=1S/C28H22O9/c1-31-19-6-4-14(8-21(19)32-2)18-12-34-27-16(26(18)30)5-7-20-25(27)17(11-24(29)37-20)15-9-22(33-3)28-23(10-15)35-13-36-28/h4-10,12,17H,11,13H2,1-3H3/t17-/m0/s1. The van der Waals surface area contributed by atoms with Gasteiger partial charge in [-0.2, -0.15) is 0 Å². The van der Waals surface area contributed by atoms with Crippen LogP contribution >= 0.6 is 0 Å². The van der Waals surface area contributed by atoms with Gasteiger partial charge in [0.15, 0.2) is 23.0 Å². The lowest BCUT2D eigenvalue weighted by Gasteiger charge is -2.26. The first-order valence-electron chi connectivity index (χ1n) is 11.5. The number of benzene rings is 3. The summed E-state index contributed by atoms with van der Waals surface area (Å²) in [6.07, 6.45) is 1.47. The Morgan fingerprint density at radius 1 is 0.838 bits per heavy atom. The van der Waals surface area contributed by atoms with Crippen molar-refractivity contribution in [3.05, 3.63) is 70.1 Å². The summed E-state index contributed by atoms with van der Waals surface area (Å²) in [6.45, 7) is 0.0785. The molecule has 0 aliphatic carbocycles. The molecule has 2 aliphatic heterocycles. The van der Waals surface area contributed by atoms with Gasteiger partial charge in [0.2, 0.25) is 18.0 Å². The van der Waals surface area contributed by atoms with Crippen molar-refractivity contribution in [2.24, 2.45) is 0 Å². The molecule has 9 nitrogen and oxygen atoms in total. The largest absolute Gasteiger partial charge is 0.493 e. The molecule has 0 unspecified atom stereocenters. The second kappa shape index (κ2) is 8.77. The predicted octanol–water partition coefficient (Wildman–Crippen LogP) is 4.66. The SMILES string of the molecule is COc1ccc(-c2coc3c4c(ccc3c2=O)OC(=O)C[C@H]4c2cc(OC)c3c(c2)OCO3)cc1OC. The lowest BCUT2D eigenvalue weighted by Crippen LogP contribution is -2.22. The topological polar surface area (TPSA) is 103 Å². The minimum absolute atomic E-state index is 0.0516. The van der Waals surface area contributed by atoms with E-state index in [2.05, 4.69) is 0 Å². The predicted molar refractivity (Wildman–Crippen MR) is 132 cm³/mol. The van der Waals surface area contributed by atoms with Gasteiger partial charge in [-0.05, 0) is 47.5 Å². The fraction of sp³-hybridized carbons (Fsp3) is 0.214. The summed E-state index contributed by atoms with van der Waals surface area (Å²) in [6, 6.07) is 12.1. The van der Waals surface area contributed by atoms with E-state index in [0.29, 0.717) is 62.2 Å². The highest BCUT2D eigenvalue weighted by Crippen LogP contribution is 2.48. The Morgan fingerprint density at radius 2 is 1.65 bits per heavy atom. The maximum Gasteiger partial charge on any atom is 0.312 e. The summed E-state index contributed by atoms with van der Waals surface area (Å²) in [5.74, 6) is 2.05. The molecule has 3 heterocycles. The van der Waals surface area contributed by atoms with E-state index in [4.69, 9.17) is 32.8 Å². The Balaban J connectivity index is 1.53. The first-order valence-corrected chi connectivity index (χ1v) is 11.5. The highest BCUT2D eigenvalue weighted by molar-refractivity contribution is 5.90. The number of rotatable bonds is 5. The number of fused-ring (bicyclic) bond motifs is 4. The molecular formula is C28H22O9. The smallest absolute Gasteiger partial charge is 0.312 e. The normalized spacial score (nSPS) is 15.8. The molecule has 0 fully saturated rings. The first-order chi connectivity index (χ1) is 18.0. The van der Waals surface area contributed by atoms with E-state index in [-0.39, 0.29) is 18.6 Å². The van der Waals surface area contributed by atoms with E-state index < -0.39 is 11.9 Å². The Bertz CT molecular complexity index is 1620. The minimum Gasteiger partial charge on any atom is -0.493 e. The first kappa shape index (κ1) is 22.8. The molecule has 37 heavy (non-hydrogen) atoms. The average Bonchev–Trinajstić information content (AvgIpc) is 3.40. The number of methoxy groups -OCH3 is 3. The van der Waals surface area contributed by atoms with Gasteiger partial charge in [-0.1, -0.05) is 6.07 Å². The highest BCUT2D eigenvalue weighted by Gasteiger charge is 2.34. The zero-order chi connectivity index (χ0) is 25.7.